The van der Waals surface area contributed by atoms with E-state index in [1.807, 2.05) is 6.26 Å². The molecule has 1 heterocycles. The molecule has 4 N–H and O–H groups in total. The van der Waals surface area contributed by atoms with Crippen molar-refractivity contribution < 1.29 is 14.7 Å². The summed E-state index contributed by atoms with van der Waals surface area (Å²) in [4.78, 5) is 24.2. The van der Waals surface area contributed by atoms with Gasteiger partial charge in [-0.2, -0.15) is 0 Å². The first kappa shape index (κ1) is 16.8. The van der Waals surface area contributed by atoms with Crippen LogP contribution < -0.4 is 16.0 Å². The van der Waals surface area contributed by atoms with Crippen LogP contribution in [0.3, 0.4) is 0 Å². The Balaban J connectivity index is 2.01. The third-order valence-corrected chi connectivity index (χ3v) is 4.38. The Morgan fingerprint density at radius 2 is 2.18 bits per heavy atom. The molecule has 0 saturated carbocycles. The second-order valence-electron chi connectivity index (χ2n) is 5.29. The van der Waals surface area contributed by atoms with Crippen LogP contribution in [0.5, 0.6) is 0 Å². The minimum absolute atomic E-state index is 0.0441. The molecule has 1 aliphatic heterocycles. The maximum atomic E-state index is 12.2. The first-order chi connectivity index (χ1) is 10.5. The Labute approximate surface area is 134 Å². The SMILES string of the molecule is CSc1cc(C(=O)NCC2CNCC2O)ccc1NC(C)=O. The van der Waals surface area contributed by atoms with Crippen LogP contribution in [0.25, 0.3) is 0 Å². The number of amides is 2. The van der Waals surface area contributed by atoms with E-state index in [0.717, 1.165) is 4.90 Å². The molecule has 2 unspecified atom stereocenters. The van der Waals surface area contributed by atoms with Crippen molar-refractivity contribution in [3.63, 3.8) is 0 Å². The molecule has 2 amide bonds. The number of benzene rings is 1. The fourth-order valence-electron chi connectivity index (χ4n) is 2.38. The van der Waals surface area contributed by atoms with Gasteiger partial charge in [-0.25, -0.2) is 0 Å². The Kier molecular flexibility index (Phi) is 5.82. The Bertz CT molecular complexity index is 565. The fraction of sp³-hybridized carbons (Fsp3) is 0.467. The van der Waals surface area contributed by atoms with Crippen LogP contribution >= 0.6 is 11.8 Å². The van der Waals surface area contributed by atoms with E-state index in [1.54, 1.807) is 18.2 Å². The zero-order chi connectivity index (χ0) is 16.1. The molecule has 22 heavy (non-hydrogen) atoms. The summed E-state index contributed by atoms with van der Waals surface area (Å²) in [5, 5.41) is 18.4. The average molecular weight is 323 g/mol. The van der Waals surface area contributed by atoms with Crippen molar-refractivity contribution in [1.29, 1.82) is 0 Å². The Morgan fingerprint density at radius 1 is 1.41 bits per heavy atom. The van der Waals surface area contributed by atoms with E-state index in [-0.39, 0.29) is 17.7 Å². The second-order valence-corrected chi connectivity index (χ2v) is 6.14. The molecular weight excluding hydrogens is 302 g/mol. The minimum Gasteiger partial charge on any atom is -0.391 e. The topological polar surface area (TPSA) is 90.5 Å². The highest BCUT2D eigenvalue weighted by Crippen LogP contribution is 2.26. The van der Waals surface area contributed by atoms with Gasteiger partial charge in [0.25, 0.3) is 5.91 Å². The molecule has 1 aromatic carbocycles. The van der Waals surface area contributed by atoms with E-state index < -0.39 is 6.10 Å². The van der Waals surface area contributed by atoms with Gasteiger partial charge in [-0.3, -0.25) is 9.59 Å². The number of rotatable bonds is 5. The van der Waals surface area contributed by atoms with Crippen molar-refractivity contribution >= 4 is 29.3 Å². The number of nitrogens with one attached hydrogen (secondary N) is 3. The molecule has 0 aliphatic carbocycles. The van der Waals surface area contributed by atoms with Gasteiger partial charge in [0.2, 0.25) is 5.91 Å². The largest absolute Gasteiger partial charge is 0.391 e. The maximum absolute atomic E-state index is 12.2. The van der Waals surface area contributed by atoms with Crippen LogP contribution in [-0.4, -0.2) is 48.9 Å². The van der Waals surface area contributed by atoms with Crippen LogP contribution in [0.4, 0.5) is 5.69 Å². The lowest BCUT2D eigenvalue weighted by Gasteiger charge is -2.15. The second kappa shape index (κ2) is 7.62. The van der Waals surface area contributed by atoms with E-state index in [4.69, 9.17) is 0 Å². The first-order valence-corrected chi connectivity index (χ1v) is 8.36. The van der Waals surface area contributed by atoms with Crippen molar-refractivity contribution in [1.82, 2.24) is 10.6 Å². The molecule has 120 valence electrons. The number of carbonyl (C=O) groups excluding carboxylic acids is 2. The lowest BCUT2D eigenvalue weighted by Crippen LogP contribution is -2.34. The number of hydrogen-bond acceptors (Lipinski definition) is 5. The highest BCUT2D eigenvalue weighted by molar-refractivity contribution is 7.98. The fourth-order valence-corrected chi connectivity index (χ4v) is 2.96. The quantitative estimate of drug-likeness (QED) is 0.598. The molecule has 6 nitrogen and oxygen atoms in total. The highest BCUT2D eigenvalue weighted by atomic mass is 32.2. The maximum Gasteiger partial charge on any atom is 0.251 e. The Morgan fingerprint density at radius 3 is 2.77 bits per heavy atom. The van der Waals surface area contributed by atoms with E-state index in [1.165, 1.54) is 18.7 Å². The van der Waals surface area contributed by atoms with Gasteiger partial charge in [-0.15, -0.1) is 11.8 Å². The van der Waals surface area contributed by atoms with E-state index in [2.05, 4.69) is 16.0 Å². The van der Waals surface area contributed by atoms with Gasteiger partial charge in [-0.05, 0) is 24.5 Å². The van der Waals surface area contributed by atoms with E-state index >= 15 is 0 Å². The average Bonchev–Trinajstić information content (AvgIpc) is 2.90. The first-order valence-electron chi connectivity index (χ1n) is 7.14. The van der Waals surface area contributed by atoms with Gasteiger partial charge in [0.1, 0.15) is 0 Å². The van der Waals surface area contributed by atoms with Gasteiger partial charge in [-0.1, -0.05) is 0 Å². The van der Waals surface area contributed by atoms with Crippen molar-refractivity contribution in [3.05, 3.63) is 23.8 Å². The monoisotopic (exact) mass is 323 g/mol. The zero-order valence-electron chi connectivity index (χ0n) is 12.7. The molecule has 7 heteroatoms. The number of aliphatic hydroxyl groups excluding tert-OH is 1. The summed E-state index contributed by atoms with van der Waals surface area (Å²) in [6.07, 6.45) is 1.48. The standard InChI is InChI=1S/C15H21N3O3S/c1-9(19)18-12-4-3-10(5-14(12)22-2)15(21)17-7-11-6-16-8-13(11)20/h3-5,11,13,16,20H,6-8H2,1-2H3,(H,17,21)(H,18,19). The molecule has 0 aromatic heterocycles. The van der Waals surface area contributed by atoms with Gasteiger partial charge in [0, 0.05) is 42.9 Å². The zero-order valence-corrected chi connectivity index (χ0v) is 13.5. The van der Waals surface area contributed by atoms with Crippen molar-refractivity contribution in [2.24, 2.45) is 5.92 Å². The van der Waals surface area contributed by atoms with E-state index in [0.29, 0.717) is 30.9 Å². The highest BCUT2D eigenvalue weighted by Gasteiger charge is 2.25. The summed E-state index contributed by atoms with van der Waals surface area (Å²) in [5.74, 6) is -0.276. The molecule has 1 fully saturated rings. The molecule has 0 radical (unpaired) electrons. The van der Waals surface area contributed by atoms with Gasteiger partial charge in [0.05, 0.1) is 11.8 Å². The van der Waals surface area contributed by atoms with Crippen LogP contribution in [0.2, 0.25) is 0 Å². The number of anilines is 1. The van der Waals surface area contributed by atoms with Crippen LogP contribution in [0, 0.1) is 5.92 Å². The van der Waals surface area contributed by atoms with Gasteiger partial charge in [0.15, 0.2) is 0 Å². The van der Waals surface area contributed by atoms with Crippen LogP contribution in [-0.2, 0) is 4.79 Å². The van der Waals surface area contributed by atoms with Gasteiger partial charge >= 0.3 is 0 Å². The molecule has 1 aliphatic rings. The molecule has 2 atom stereocenters. The van der Waals surface area contributed by atoms with Crippen LogP contribution in [0.15, 0.2) is 23.1 Å². The van der Waals surface area contributed by atoms with Crippen molar-refractivity contribution in [2.45, 2.75) is 17.9 Å². The normalized spacial score (nSPS) is 20.7. The molecule has 1 saturated heterocycles. The summed E-state index contributed by atoms with van der Waals surface area (Å²) < 4.78 is 0. The third kappa shape index (κ3) is 4.22. The van der Waals surface area contributed by atoms with E-state index in [9.17, 15) is 14.7 Å². The number of carbonyl (C=O) groups is 2. The lowest BCUT2D eigenvalue weighted by molar-refractivity contribution is -0.114. The van der Waals surface area contributed by atoms with Gasteiger partial charge < -0.3 is 21.1 Å². The van der Waals surface area contributed by atoms with Crippen LogP contribution in [0.1, 0.15) is 17.3 Å². The molecular formula is C15H21N3O3S. The number of thioether (sulfide) groups is 1. The smallest absolute Gasteiger partial charge is 0.251 e. The Hall–Kier alpha value is -1.57. The number of β-amino-alcohol motifs (C(OH)–C–C–N with tert-alkyl or cyclic N) is 1. The summed E-state index contributed by atoms with van der Waals surface area (Å²) in [6.45, 7) is 3.17. The predicted octanol–water partition coefficient (Wildman–Crippen LogP) is 0.677. The van der Waals surface area contributed by atoms with Crippen molar-refractivity contribution in [2.75, 3.05) is 31.2 Å². The lowest BCUT2D eigenvalue weighted by atomic mass is 10.1. The molecule has 0 bridgehead atoms. The third-order valence-electron chi connectivity index (χ3n) is 3.60. The summed E-state index contributed by atoms with van der Waals surface area (Å²) in [7, 11) is 0. The predicted molar refractivity (Wildman–Crippen MR) is 87.2 cm³/mol. The van der Waals surface area contributed by atoms with Crippen molar-refractivity contribution in [3.8, 4) is 0 Å². The number of hydrogen-bond donors (Lipinski definition) is 4. The minimum atomic E-state index is -0.413. The molecule has 0 spiro atoms. The molecule has 2 rings (SSSR count). The summed E-state index contributed by atoms with van der Waals surface area (Å²) >= 11 is 1.47. The summed E-state index contributed by atoms with van der Waals surface area (Å²) in [6, 6.07) is 5.17. The molecule has 1 aromatic rings. The summed E-state index contributed by atoms with van der Waals surface area (Å²) in [5.41, 5.74) is 1.24. The number of aliphatic hydroxyl groups is 1.